The average Bonchev–Trinajstić information content (AvgIpc) is 2.45. The highest BCUT2D eigenvalue weighted by Gasteiger charge is 2.13. The van der Waals surface area contributed by atoms with Gasteiger partial charge in [-0.1, -0.05) is 40.9 Å². The first kappa shape index (κ1) is 15.7. The van der Waals surface area contributed by atoms with E-state index < -0.39 is 0 Å². The van der Waals surface area contributed by atoms with Crippen molar-refractivity contribution in [2.75, 3.05) is 12.8 Å². The van der Waals surface area contributed by atoms with Crippen LogP contribution in [0.3, 0.4) is 0 Å². The molecule has 1 atom stereocenters. The molecule has 0 aliphatic carbocycles. The molecule has 0 aromatic heterocycles. The van der Waals surface area contributed by atoms with E-state index in [-0.39, 0.29) is 6.04 Å². The molecule has 0 aliphatic heterocycles. The van der Waals surface area contributed by atoms with Gasteiger partial charge in [0.05, 0.1) is 0 Å². The lowest BCUT2D eigenvalue weighted by Gasteiger charge is -2.18. The second-order valence-electron chi connectivity index (χ2n) is 4.63. The van der Waals surface area contributed by atoms with Crippen molar-refractivity contribution in [3.63, 3.8) is 0 Å². The number of halogens is 2. The van der Waals surface area contributed by atoms with Gasteiger partial charge in [-0.05, 0) is 49.9 Å². The largest absolute Gasteiger partial charge is 0.312 e. The molecule has 1 unspecified atom stereocenters. The molecule has 2 rings (SSSR count). The van der Waals surface area contributed by atoms with Crippen LogP contribution in [-0.2, 0) is 0 Å². The van der Waals surface area contributed by atoms with Gasteiger partial charge < -0.3 is 5.32 Å². The van der Waals surface area contributed by atoms with Gasteiger partial charge in [-0.25, -0.2) is 0 Å². The highest BCUT2D eigenvalue weighted by molar-refractivity contribution is 7.99. The summed E-state index contributed by atoms with van der Waals surface area (Å²) in [5.41, 5.74) is 2.32. The highest BCUT2D eigenvalue weighted by atomic mass is 35.5. The molecule has 0 saturated carbocycles. The molecular weight excluding hydrogens is 309 g/mol. The Morgan fingerprint density at radius 2 is 1.80 bits per heavy atom. The van der Waals surface area contributed by atoms with Crippen molar-refractivity contribution in [1.82, 2.24) is 5.32 Å². The third kappa shape index (κ3) is 4.16. The van der Waals surface area contributed by atoms with Crippen molar-refractivity contribution in [3.05, 3.63) is 63.6 Å². The summed E-state index contributed by atoms with van der Waals surface area (Å²) in [6.45, 7) is 2.09. The van der Waals surface area contributed by atoms with Gasteiger partial charge in [0.2, 0.25) is 0 Å². The normalized spacial score (nSPS) is 12.4. The SMILES string of the molecule is CNC(CSc1ccc(C)cc1)c1cc(Cl)ccc1Cl. The monoisotopic (exact) mass is 325 g/mol. The van der Waals surface area contributed by atoms with E-state index in [4.69, 9.17) is 23.2 Å². The van der Waals surface area contributed by atoms with Crippen LogP contribution in [0.5, 0.6) is 0 Å². The molecule has 2 aromatic carbocycles. The van der Waals surface area contributed by atoms with Crippen LogP contribution in [0.1, 0.15) is 17.2 Å². The quantitative estimate of drug-likeness (QED) is 0.743. The molecule has 0 saturated heterocycles. The van der Waals surface area contributed by atoms with Crippen molar-refractivity contribution in [3.8, 4) is 0 Å². The summed E-state index contributed by atoms with van der Waals surface area (Å²) in [5, 5.41) is 4.77. The van der Waals surface area contributed by atoms with E-state index in [1.165, 1.54) is 10.5 Å². The molecule has 2 aromatic rings. The molecule has 20 heavy (non-hydrogen) atoms. The molecule has 0 heterocycles. The van der Waals surface area contributed by atoms with E-state index in [1.807, 2.05) is 25.2 Å². The summed E-state index contributed by atoms with van der Waals surface area (Å²) in [4.78, 5) is 1.26. The van der Waals surface area contributed by atoms with Crippen LogP contribution in [-0.4, -0.2) is 12.8 Å². The smallest absolute Gasteiger partial charge is 0.0455 e. The number of nitrogens with one attached hydrogen (secondary N) is 1. The first-order valence-corrected chi connectivity index (χ1v) is 8.16. The molecular formula is C16H17Cl2NS. The third-order valence-electron chi connectivity index (χ3n) is 3.12. The van der Waals surface area contributed by atoms with Crippen LogP contribution < -0.4 is 5.32 Å². The number of hydrogen-bond donors (Lipinski definition) is 1. The van der Waals surface area contributed by atoms with Crippen LogP contribution in [0.25, 0.3) is 0 Å². The maximum Gasteiger partial charge on any atom is 0.0455 e. The van der Waals surface area contributed by atoms with Crippen molar-refractivity contribution in [1.29, 1.82) is 0 Å². The number of benzene rings is 2. The van der Waals surface area contributed by atoms with Gasteiger partial charge in [0.15, 0.2) is 0 Å². The van der Waals surface area contributed by atoms with Gasteiger partial charge in [-0.15, -0.1) is 11.8 Å². The van der Waals surface area contributed by atoms with Crippen LogP contribution in [0, 0.1) is 6.92 Å². The Labute approximate surface area is 134 Å². The number of hydrogen-bond acceptors (Lipinski definition) is 2. The lowest BCUT2D eigenvalue weighted by Crippen LogP contribution is -2.19. The maximum atomic E-state index is 6.26. The van der Waals surface area contributed by atoms with Gasteiger partial charge in [0.1, 0.15) is 0 Å². The van der Waals surface area contributed by atoms with E-state index in [9.17, 15) is 0 Å². The summed E-state index contributed by atoms with van der Waals surface area (Å²) >= 11 is 14.1. The third-order valence-corrected chi connectivity index (χ3v) is 4.80. The minimum Gasteiger partial charge on any atom is -0.312 e. The molecule has 0 fully saturated rings. The van der Waals surface area contributed by atoms with Gasteiger partial charge >= 0.3 is 0 Å². The van der Waals surface area contributed by atoms with Crippen LogP contribution >= 0.6 is 35.0 Å². The van der Waals surface area contributed by atoms with Gasteiger partial charge in [-0.3, -0.25) is 0 Å². The Balaban J connectivity index is 2.09. The molecule has 0 radical (unpaired) electrons. The second kappa shape index (κ2) is 7.37. The number of rotatable bonds is 5. The lowest BCUT2D eigenvalue weighted by atomic mass is 10.1. The topological polar surface area (TPSA) is 12.0 Å². The zero-order chi connectivity index (χ0) is 14.5. The second-order valence-corrected chi connectivity index (χ2v) is 6.57. The molecule has 106 valence electrons. The summed E-state index contributed by atoms with van der Waals surface area (Å²) in [7, 11) is 1.94. The van der Waals surface area contributed by atoms with Gasteiger partial charge in [-0.2, -0.15) is 0 Å². The first-order chi connectivity index (χ1) is 9.60. The molecule has 0 bridgehead atoms. The molecule has 4 heteroatoms. The Bertz CT molecular complexity index is 569. The molecule has 0 aliphatic rings. The summed E-state index contributed by atoms with van der Waals surface area (Å²) in [6, 6.07) is 14.3. The highest BCUT2D eigenvalue weighted by Crippen LogP contribution is 2.30. The van der Waals surface area contributed by atoms with E-state index in [2.05, 4.69) is 36.5 Å². The minimum atomic E-state index is 0.174. The maximum absolute atomic E-state index is 6.26. The van der Waals surface area contributed by atoms with E-state index in [1.54, 1.807) is 11.8 Å². The predicted molar refractivity (Wildman–Crippen MR) is 90.2 cm³/mol. The Morgan fingerprint density at radius 3 is 2.45 bits per heavy atom. The van der Waals surface area contributed by atoms with Crippen molar-refractivity contribution in [2.45, 2.75) is 17.9 Å². The fourth-order valence-electron chi connectivity index (χ4n) is 1.92. The van der Waals surface area contributed by atoms with Crippen LogP contribution in [0.4, 0.5) is 0 Å². The standard InChI is InChI=1S/C16H17Cl2NS/c1-11-3-6-13(7-4-11)20-10-16(19-2)14-9-12(17)5-8-15(14)18/h3-9,16,19H,10H2,1-2H3. The van der Waals surface area contributed by atoms with Crippen LogP contribution in [0.2, 0.25) is 10.0 Å². The zero-order valence-electron chi connectivity index (χ0n) is 11.5. The Morgan fingerprint density at radius 1 is 1.10 bits per heavy atom. The van der Waals surface area contributed by atoms with Crippen molar-refractivity contribution in [2.24, 2.45) is 0 Å². The van der Waals surface area contributed by atoms with Crippen molar-refractivity contribution < 1.29 is 0 Å². The number of aryl methyl sites for hydroxylation is 1. The summed E-state index contributed by atoms with van der Waals surface area (Å²) < 4.78 is 0. The summed E-state index contributed by atoms with van der Waals surface area (Å²) in [6.07, 6.45) is 0. The van der Waals surface area contributed by atoms with E-state index in [0.717, 1.165) is 16.3 Å². The van der Waals surface area contributed by atoms with E-state index >= 15 is 0 Å². The molecule has 0 amide bonds. The van der Waals surface area contributed by atoms with Gasteiger partial charge in [0, 0.05) is 26.7 Å². The Kier molecular flexibility index (Phi) is 5.79. The van der Waals surface area contributed by atoms with Crippen LogP contribution in [0.15, 0.2) is 47.4 Å². The lowest BCUT2D eigenvalue weighted by molar-refractivity contribution is 0.662. The summed E-state index contributed by atoms with van der Waals surface area (Å²) in [5.74, 6) is 0.902. The van der Waals surface area contributed by atoms with Gasteiger partial charge in [0.25, 0.3) is 0 Å². The fourth-order valence-corrected chi connectivity index (χ4v) is 3.39. The predicted octanol–water partition coefficient (Wildman–Crippen LogP) is 5.35. The fraction of sp³-hybridized carbons (Fsp3) is 0.250. The molecule has 1 nitrogen and oxygen atoms in total. The molecule has 0 spiro atoms. The molecule has 1 N–H and O–H groups in total. The van der Waals surface area contributed by atoms with Crippen molar-refractivity contribution >= 4 is 35.0 Å². The first-order valence-electron chi connectivity index (χ1n) is 6.42. The number of thioether (sulfide) groups is 1. The Hall–Kier alpha value is -0.670. The van der Waals surface area contributed by atoms with E-state index in [0.29, 0.717) is 5.02 Å². The average molecular weight is 326 g/mol. The minimum absolute atomic E-state index is 0.174. The zero-order valence-corrected chi connectivity index (χ0v) is 13.8.